The van der Waals surface area contributed by atoms with E-state index in [4.69, 9.17) is 10.2 Å². The first-order chi connectivity index (χ1) is 8.22. The Kier molecular flexibility index (Phi) is 5.72. The van der Waals surface area contributed by atoms with Crippen LogP contribution in [-0.2, 0) is 4.79 Å². The molecular formula is C12H21N3O2. The van der Waals surface area contributed by atoms with Gasteiger partial charge in [0.1, 0.15) is 5.76 Å². The van der Waals surface area contributed by atoms with Crippen LogP contribution < -0.4 is 11.1 Å². The largest absolute Gasteiger partial charge is 0.468 e. The van der Waals surface area contributed by atoms with Gasteiger partial charge in [-0.25, -0.2) is 0 Å². The average Bonchev–Trinajstić information content (AvgIpc) is 2.82. The lowest BCUT2D eigenvalue weighted by molar-refractivity contribution is -0.122. The van der Waals surface area contributed by atoms with Crippen LogP contribution in [0.4, 0.5) is 0 Å². The van der Waals surface area contributed by atoms with Crippen LogP contribution in [0.25, 0.3) is 0 Å². The lowest BCUT2D eigenvalue weighted by atomic mass is 10.2. The van der Waals surface area contributed by atoms with Crippen LogP contribution in [0.2, 0.25) is 0 Å². The van der Waals surface area contributed by atoms with E-state index in [9.17, 15) is 4.79 Å². The van der Waals surface area contributed by atoms with Crippen molar-refractivity contribution in [1.29, 1.82) is 0 Å². The number of nitrogens with two attached hydrogens (primary N) is 1. The van der Waals surface area contributed by atoms with Crippen molar-refractivity contribution in [3.8, 4) is 0 Å². The van der Waals surface area contributed by atoms with Crippen molar-refractivity contribution in [3.05, 3.63) is 24.2 Å². The molecule has 0 aliphatic heterocycles. The zero-order valence-corrected chi connectivity index (χ0v) is 10.5. The van der Waals surface area contributed by atoms with E-state index >= 15 is 0 Å². The first-order valence-corrected chi connectivity index (χ1v) is 5.97. The van der Waals surface area contributed by atoms with E-state index in [1.807, 2.05) is 30.9 Å². The summed E-state index contributed by atoms with van der Waals surface area (Å²) in [7, 11) is 0. The van der Waals surface area contributed by atoms with Crippen molar-refractivity contribution in [2.75, 3.05) is 26.2 Å². The smallest absolute Gasteiger partial charge is 0.234 e. The highest BCUT2D eigenvalue weighted by Crippen LogP contribution is 2.19. The van der Waals surface area contributed by atoms with E-state index < -0.39 is 0 Å². The van der Waals surface area contributed by atoms with Crippen molar-refractivity contribution in [2.24, 2.45) is 5.73 Å². The van der Waals surface area contributed by atoms with E-state index in [-0.39, 0.29) is 11.9 Å². The zero-order chi connectivity index (χ0) is 12.7. The maximum absolute atomic E-state index is 11.6. The second-order valence-corrected chi connectivity index (χ2v) is 3.78. The number of amides is 1. The SMILES string of the molecule is CCNC(=O)CN(CC)C(CN)c1ccco1. The summed E-state index contributed by atoms with van der Waals surface area (Å²) in [6.07, 6.45) is 1.62. The highest BCUT2D eigenvalue weighted by molar-refractivity contribution is 5.77. The lowest BCUT2D eigenvalue weighted by Gasteiger charge is -2.27. The Labute approximate surface area is 102 Å². The number of rotatable bonds is 7. The summed E-state index contributed by atoms with van der Waals surface area (Å²) >= 11 is 0. The molecule has 96 valence electrons. The Morgan fingerprint density at radius 2 is 2.35 bits per heavy atom. The highest BCUT2D eigenvalue weighted by atomic mass is 16.3. The third kappa shape index (κ3) is 3.87. The molecule has 1 amide bonds. The maximum atomic E-state index is 11.6. The summed E-state index contributed by atoms with van der Waals surface area (Å²) in [6, 6.07) is 3.67. The molecule has 0 spiro atoms. The summed E-state index contributed by atoms with van der Waals surface area (Å²) in [5.41, 5.74) is 5.76. The molecule has 0 radical (unpaired) electrons. The van der Waals surface area contributed by atoms with Gasteiger partial charge in [0, 0.05) is 13.1 Å². The standard InChI is InChI=1S/C12H21N3O2/c1-3-14-12(16)9-15(4-2)10(8-13)11-6-5-7-17-11/h5-7,10H,3-4,8-9,13H2,1-2H3,(H,14,16). The third-order valence-corrected chi connectivity index (χ3v) is 2.66. The van der Waals surface area contributed by atoms with Gasteiger partial charge in [0.05, 0.1) is 18.8 Å². The van der Waals surface area contributed by atoms with Crippen LogP contribution in [-0.4, -0.2) is 37.0 Å². The van der Waals surface area contributed by atoms with Crippen LogP contribution in [0, 0.1) is 0 Å². The molecule has 0 bridgehead atoms. The fraction of sp³-hybridized carbons (Fsp3) is 0.583. The topological polar surface area (TPSA) is 71.5 Å². The van der Waals surface area contributed by atoms with Crippen LogP contribution in [0.3, 0.4) is 0 Å². The van der Waals surface area contributed by atoms with E-state index in [1.165, 1.54) is 0 Å². The Morgan fingerprint density at radius 3 is 2.82 bits per heavy atom. The molecule has 1 unspecified atom stereocenters. The van der Waals surface area contributed by atoms with E-state index in [0.29, 0.717) is 19.6 Å². The first-order valence-electron chi connectivity index (χ1n) is 5.97. The van der Waals surface area contributed by atoms with Gasteiger partial charge >= 0.3 is 0 Å². The molecule has 1 rings (SSSR count). The number of nitrogens with zero attached hydrogens (tertiary/aromatic N) is 1. The lowest BCUT2D eigenvalue weighted by Crippen LogP contribution is -2.41. The molecule has 1 aromatic rings. The molecule has 5 heteroatoms. The molecular weight excluding hydrogens is 218 g/mol. The fourth-order valence-electron chi connectivity index (χ4n) is 1.81. The van der Waals surface area contributed by atoms with Gasteiger partial charge in [-0.3, -0.25) is 9.69 Å². The van der Waals surface area contributed by atoms with E-state index in [0.717, 1.165) is 12.3 Å². The van der Waals surface area contributed by atoms with Crippen molar-refractivity contribution >= 4 is 5.91 Å². The van der Waals surface area contributed by atoms with Crippen molar-refractivity contribution in [1.82, 2.24) is 10.2 Å². The van der Waals surface area contributed by atoms with Crippen LogP contribution >= 0.6 is 0 Å². The van der Waals surface area contributed by atoms with Crippen molar-refractivity contribution in [3.63, 3.8) is 0 Å². The van der Waals surface area contributed by atoms with Gasteiger partial charge in [-0.15, -0.1) is 0 Å². The molecule has 5 nitrogen and oxygen atoms in total. The summed E-state index contributed by atoms with van der Waals surface area (Å²) in [5, 5.41) is 2.78. The number of likely N-dealkylation sites (N-methyl/N-ethyl adjacent to an activating group) is 2. The quantitative estimate of drug-likeness (QED) is 0.736. The molecule has 1 atom stereocenters. The molecule has 17 heavy (non-hydrogen) atoms. The number of furan rings is 1. The molecule has 3 N–H and O–H groups in total. The minimum atomic E-state index is -0.0439. The number of hydrogen-bond donors (Lipinski definition) is 2. The van der Waals surface area contributed by atoms with Gasteiger partial charge in [-0.2, -0.15) is 0 Å². The van der Waals surface area contributed by atoms with Crippen LogP contribution in [0.1, 0.15) is 25.6 Å². The Balaban J connectivity index is 2.67. The third-order valence-electron chi connectivity index (χ3n) is 2.66. The van der Waals surface area contributed by atoms with Gasteiger partial charge in [-0.1, -0.05) is 6.92 Å². The monoisotopic (exact) mass is 239 g/mol. The molecule has 1 aromatic heterocycles. The Bertz CT molecular complexity index is 325. The summed E-state index contributed by atoms with van der Waals surface area (Å²) in [6.45, 7) is 6.07. The normalized spacial score (nSPS) is 12.7. The Morgan fingerprint density at radius 1 is 1.59 bits per heavy atom. The van der Waals surface area contributed by atoms with Crippen molar-refractivity contribution in [2.45, 2.75) is 19.9 Å². The van der Waals surface area contributed by atoms with Gasteiger partial charge in [-0.05, 0) is 25.6 Å². The molecule has 0 aliphatic rings. The van der Waals surface area contributed by atoms with E-state index in [2.05, 4.69) is 5.32 Å². The Hall–Kier alpha value is -1.33. The molecule has 0 fully saturated rings. The van der Waals surface area contributed by atoms with Gasteiger partial charge in [0.2, 0.25) is 5.91 Å². The molecule has 0 saturated carbocycles. The number of nitrogens with one attached hydrogen (secondary N) is 1. The average molecular weight is 239 g/mol. The minimum Gasteiger partial charge on any atom is -0.468 e. The summed E-state index contributed by atoms with van der Waals surface area (Å²) in [4.78, 5) is 13.6. The second kappa shape index (κ2) is 7.09. The number of carbonyl (C=O) groups is 1. The second-order valence-electron chi connectivity index (χ2n) is 3.78. The van der Waals surface area contributed by atoms with Gasteiger partial charge in [0.15, 0.2) is 0 Å². The fourth-order valence-corrected chi connectivity index (χ4v) is 1.81. The molecule has 0 aromatic carbocycles. The summed E-state index contributed by atoms with van der Waals surface area (Å²) in [5.74, 6) is 0.818. The first kappa shape index (κ1) is 13.7. The van der Waals surface area contributed by atoms with Crippen molar-refractivity contribution < 1.29 is 9.21 Å². The summed E-state index contributed by atoms with van der Waals surface area (Å²) < 4.78 is 5.36. The predicted molar refractivity (Wildman–Crippen MR) is 66.4 cm³/mol. The predicted octanol–water partition coefficient (Wildman–Crippen LogP) is 0.737. The molecule has 0 saturated heterocycles. The zero-order valence-electron chi connectivity index (χ0n) is 10.5. The molecule has 1 heterocycles. The van der Waals surface area contributed by atoms with Crippen LogP contribution in [0.15, 0.2) is 22.8 Å². The highest BCUT2D eigenvalue weighted by Gasteiger charge is 2.21. The van der Waals surface area contributed by atoms with Gasteiger partial charge in [0.25, 0.3) is 0 Å². The van der Waals surface area contributed by atoms with E-state index in [1.54, 1.807) is 6.26 Å². The number of carbonyl (C=O) groups excluding carboxylic acids is 1. The molecule has 0 aliphatic carbocycles. The van der Waals surface area contributed by atoms with Crippen LogP contribution in [0.5, 0.6) is 0 Å². The number of hydrogen-bond acceptors (Lipinski definition) is 4. The minimum absolute atomic E-state index is 0.0133. The van der Waals surface area contributed by atoms with Gasteiger partial charge < -0.3 is 15.5 Å². The maximum Gasteiger partial charge on any atom is 0.234 e.